The van der Waals surface area contributed by atoms with Gasteiger partial charge >= 0.3 is 11.9 Å². The number of hydrogen-bond donors (Lipinski definition) is 0. The molecule has 0 saturated heterocycles. The van der Waals surface area contributed by atoms with E-state index in [0.29, 0.717) is 12.8 Å². The van der Waals surface area contributed by atoms with Crippen LogP contribution < -0.4 is 0 Å². The van der Waals surface area contributed by atoms with Gasteiger partial charge in [-0.25, -0.2) is 0 Å². The number of rotatable bonds is 7. The van der Waals surface area contributed by atoms with Gasteiger partial charge in [0.25, 0.3) is 0 Å². The van der Waals surface area contributed by atoms with Crippen molar-refractivity contribution in [2.75, 3.05) is 0 Å². The Morgan fingerprint density at radius 2 is 1.19 bits per heavy atom. The molecule has 0 aromatic carbocycles. The lowest BCUT2D eigenvalue weighted by Gasteiger charge is -2.36. The van der Waals surface area contributed by atoms with Crippen molar-refractivity contribution in [1.82, 2.24) is 0 Å². The van der Waals surface area contributed by atoms with Crippen LogP contribution in [0.5, 0.6) is 0 Å². The third kappa shape index (κ3) is 5.72. The van der Waals surface area contributed by atoms with E-state index in [1.165, 1.54) is 12.8 Å². The predicted octanol–water partition coefficient (Wildman–Crippen LogP) is 5.57. The maximum atomic E-state index is 12.9. The summed E-state index contributed by atoms with van der Waals surface area (Å²) < 4.78 is 11.6. The van der Waals surface area contributed by atoms with E-state index in [1.807, 2.05) is 27.7 Å². The lowest BCUT2D eigenvalue weighted by atomic mass is 9.72. The summed E-state index contributed by atoms with van der Waals surface area (Å²) in [6, 6.07) is 0. The number of esters is 2. The molecule has 4 nitrogen and oxygen atoms in total. The number of carbonyl (C=O) groups is 2. The monoisotopic (exact) mass is 366 g/mol. The molecule has 0 aromatic heterocycles. The van der Waals surface area contributed by atoms with Gasteiger partial charge in [-0.1, -0.05) is 19.8 Å². The topological polar surface area (TPSA) is 52.6 Å². The molecule has 0 radical (unpaired) electrons. The summed E-state index contributed by atoms with van der Waals surface area (Å²) >= 11 is 0. The minimum atomic E-state index is -0.687. The van der Waals surface area contributed by atoms with Crippen molar-refractivity contribution < 1.29 is 19.1 Å². The third-order valence-electron chi connectivity index (χ3n) is 6.31. The van der Waals surface area contributed by atoms with Crippen LogP contribution >= 0.6 is 0 Å². The van der Waals surface area contributed by atoms with Gasteiger partial charge in [-0.15, -0.1) is 0 Å². The third-order valence-corrected chi connectivity index (χ3v) is 6.31. The Hall–Kier alpha value is -1.06. The van der Waals surface area contributed by atoms with Crippen molar-refractivity contribution >= 4 is 11.9 Å². The predicted molar refractivity (Wildman–Crippen MR) is 103 cm³/mol. The molecule has 0 aliphatic heterocycles. The Labute approximate surface area is 159 Å². The Bertz CT molecular complexity index is 473. The van der Waals surface area contributed by atoms with Crippen LogP contribution in [0.2, 0.25) is 0 Å². The number of carbonyl (C=O) groups excluding carboxylic acids is 2. The van der Waals surface area contributed by atoms with E-state index in [4.69, 9.17) is 9.47 Å². The minimum Gasteiger partial charge on any atom is -0.462 e. The lowest BCUT2D eigenvalue weighted by Crippen LogP contribution is -2.41. The minimum absolute atomic E-state index is 0.0533. The first-order valence-electron chi connectivity index (χ1n) is 10.7. The molecule has 2 aliphatic carbocycles. The average molecular weight is 367 g/mol. The van der Waals surface area contributed by atoms with Gasteiger partial charge in [0, 0.05) is 0 Å². The molecule has 0 bridgehead atoms. The van der Waals surface area contributed by atoms with Gasteiger partial charge < -0.3 is 9.47 Å². The SMILES string of the molecule is CCC(C)(CC(C)(C)C(=O)OC1CCCCC1)C(=O)OC1CCCCC1. The van der Waals surface area contributed by atoms with Gasteiger partial charge in [-0.3, -0.25) is 9.59 Å². The second-order valence-corrected chi connectivity index (χ2v) is 9.31. The van der Waals surface area contributed by atoms with Crippen molar-refractivity contribution in [3.8, 4) is 0 Å². The molecule has 0 N–H and O–H groups in total. The fourth-order valence-corrected chi connectivity index (χ4v) is 4.36. The Kier molecular flexibility index (Phi) is 7.54. The first-order valence-corrected chi connectivity index (χ1v) is 10.7. The molecule has 4 heteroatoms. The molecule has 2 saturated carbocycles. The van der Waals surface area contributed by atoms with Crippen LogP contribution in [-0.2, 0) is 19.1 Å². The molecule has 0 amide bonds. The van der Waals surface area contributed by atoms with Crippen LogP contribution in [0.25, 0.3) is 0 Å². The van der Waals surface area contributed by atoms with Crippen molar-refractivity contribution in [3.63, 3.8) is 0 Å². The average Bonchev–Trinajstić information content (AvgIpc) is 2.63. The highest BCUT2D eigenvalue weighted by Crippen LogP contribution is 2.40. The van der Waals surface area contributed by atoms with Crippen LogP contribution in [0.15, 0.2) is 0 Å². The summed E-state index contributed by atoms with van der Waals surface area (Å²) in [6.45, 7) is 7.75. The van der Waals surface area contributed by atoms with E-state index in [-0.39, 0.29) is 24.1 Å². The second-order valence-electron chi connectivity index (χ2n) is 9.31. The van der Waals surface area contributed by atoms with E-state index < -0.39 is 10.8 Å². The standard InChI is InChI=1S/C22H38O4/c1-5-22(4,20(24)26-18-14-10-7-11-15-18)16-21(2,3)19(23)25-17-12-8-6-9-13-17/h17-18H,5-16H2,1-4H3. The van der Waals surface area contributed by atoms with Crippen molar-refractivity contribution in [1.29, 1.82) is 0 Å². The lowest BCUT2D eigenvalue weighted by molar-refractivity contribution is -0.170. The molecule has 0 heterocycles. The summed E-state index contributed by atoms with van der Waals surface area (Å²) in [5, 5.41) is 0. The van der Waals surface area contributed by atoms with E-state index >= 15 is 0 Å². The van der Waals surface area contributed by atoms with E-state index in [1.54, 1.807) is 0 Å². The van der Waals surface area contributed by atoms with Gasteiger partial charge in [-0.05, 0) is 85.0 Å². The maximum absolute atomic E-state index is 12.9. The first kappa shape index (κ1) is 21.2. The Morgan fingerprint density at radius 3 is 1.62 bits per heavy atom. The summed E-state index contributed by atoms with van der Waals surface area (Å²) in [5.41, 5.74) is -1.33. The molecule has 1 atom stereocenters. The molecule has 1 unspecified atom stereocenters. The molecule has 26 heavy (non-hydrogen) atoms. The molecular weight excluding hydrogens is 328 g/mol. The molecule has 2 fully saturated rings. The largest absolute Gasteiger partial charge is 0.462 e. The normalized spacial score (nSPS) is 22.5. The van der Waals surface area contributed by atoms with Crippen LogP contribution in [0.4, 0.5) is 0 Å². The zero-order valence-corrected chi connectivity index (χ0v) is 17.3. The summed E-state index contributed by atoms with van der Waals surface area (Å²) in [7, 11) is 0. The summed E-state index contributed by atoms with van der Waals surface area (Å²) in [6.07, 6.45) is 12.1. The highest BCUT2D eigenvalue weighted by atomic mass is 16.5. The maximum Gasteiger partial charge on any atom is 0.312 e. The molecule has 150 valence electrons. The van der Waals surface area contributed by atoms with E-state index in [0.717, 1.165) is 51.4 Å². The number of ether oxygens (including phenoxy) is 2. The van der Waals surface area contributed by atoms with Gasteiger partial charge in [0.15, 0.2) is 0 Å². The van der Waals surface area contributed by atoms with Crippen LogP contribution in [0.3, 0.4) is 0 Å². The Balaban J connectivity index is 1.95. The first-order chi connectivity index (χ1) is 12.3. The van der Waals surface area contributed by atoms with Gasteiger partial charge in [0.1, 0.15) is 12.2 Å². The molecular formula is C22H38O4. The van der Waals surface area contributed by atoms with Crippen LogP contribution in [-0.4, -0.2) is 24.1 Å². The van der Waals surface area contributed by atoms with Gasteiger partial charge in [-0.2, -0.15) is 0 Å². The van der Waals surface area contributed by atoms with Crippen LogP contribution in [0, 0.1) is 10.8 Å². The molecule has 0 spiro atoms. The van der Waals surface area contributed by atoms with Crippen molar-refractivity contribution in [3.05, 3.63) is 0 Å². The van der Waals surface area contributed by atoms with Gasteiger partial charge in [0.2, 0.25) is 0 Å². The summed E-state index contributed by atoms with van der Waals surface area (Å²) in [4.78, 5) is 25.6. The Morgan fingerprint density at radius 1 is 0.769 bits per heavy atom. The van der Waals surface area contributed by atoms with Crippen molar-refractivity contribution in [2.45, 2.75) is 117 Å². The highest BCUT2D eigenvalue weighted by Gasteiger charge is 2.44. The summed E-state index contributed by atoms with van der Waals surface area (Å²) in [5.74, 6) is -0.319. The molecule has 2 rings (SSSR count). The second kappa shape index (κ2) is 9.23. The fraction of sp³-hybridized carbons (Fsp3) is 0.909. The quantitative estimate of drug-likeness (QED) is 0.553. The zero-order chi connectivity index (χ0) is 19.2. The molecule has 0 aromatic rings. The smallest absolute Gasteiger partial charge is 0.312 e. The van der Waals surface area contributed by atoms with Crippen molar-refractivity contribution in [2.24, 2.45) is 10.8 Å². The number of hydrogen-bond acceptors (Lipinski definition) is 4. The van der Waals surface area contributed by atoms with Crippen LogP contribution in [0.1, 0.15) is 105 Å². The van der Waals surface area contributed by atoms with E-state index in [2.05, 4.69) is 0 Å². The zero-order valence-electron chi connectivity index (χ0n) is 17.3. The highest BCUT2D eigenvalue weighted by molar-refractivity contribution is 5.80. The molecule has 2 aliphatic rings. The van der Waals surface area contributed by atoms with Gasteiger partial charge in [0.05, 0.1) is 10.8 Å². The van der Waals surface area contributed by atoms with E-state index in [9.17, 15) is 9.59 Å². The fourth-order valence-electron chi connectivity index (χ4n) is 4.36.